The molecular formula is C21H20F2N6O2. The first-order valence-electron chi connectivity index (χ1n) is 9.28. The highest BCUT2D eigenvalue weighted by molar-refractivity contribution is 5.92. The maximum atomic E-state index is 15.0. The number of methoxy groups -OCH3 is 2. The Labute approximate surface area is 177 Å². The van der Waals surface area contributed by atoms with Gasteiger partial charge in [0.25, 0.3) is 0 Å². The third kappa shape index (κ3) is 3.49. The molecule has 0 amide bonds. The maximum Gasteiger partial charge on any atom is 0.177 e. The Morgan fingerprint density at radius 1 is 0.968 bits per heavy atom. The van der Waals surface area contributed by atoms with Crippen LogP contribution >= 0.6 is 0 Å². The summed E-state index contributed by atoms with van der Waals surface area (Å²) in [6.07, 6.45) is 5.05. The van der Waals surface area contributed by atoms with Crippen LogP contribution in [0.3, 0.4) is 0 Å². The van der Waals surface area contributed by atoms with Gasteiger partial charge in [0.2, 0.25) is 0 Å². The molecule has 4 aromatic rings. The Bertz CT molecular complexity index is 1260. The van der Waals surface area contributed by atoms with Crippen LogP contribution in [-0.2, 0) is 7.05 Å². The van der Waals surface area contributed by atoms with Crippen molar-refractivity contribution in [3.63, 3.8) is 0 Å². The summed E-state index contributed by atoms with van der Waals surface area (Å²) in [6.45, 7) is 0. The lowest BCUT2D eigenvalue weighted by atomic mass is 10.1. The molecule has 0 bridgehead atoms. The smallest absolute Gasteiger partial charge is 0.177 e. The number of halogens is 2. The molecule has 0 saturated heterocycles. The van der Waals surface area contributed by atoms with Gasteiger partial charge in [-0.3, -0.25) is 4.68 Å². The van der Waals surface area contributed by atoms with Gasteiger partial charge in [-0.15, -0.1) is 0 Å². The second-order valence-electron chi connectivity index (χ2n) is 7.04. The highest BCUT2D eigenvalue weighted by Crippen LogP contribution is 2.38. The average molecular weight is 426 g/mol. The van der Waals surface area contributed by atoms with Crippen LogP contribution in [0, 0.1) is 11.6 Å². The summed E-state index contributed by atoms with van der Waals surface area (Å²) in [6, 6.07) is 2.70. The van der Waals surface area contributed by atoms with E-state index in [2.05, 4.69) is 20.1 Å². The van der Waals surface area contributed by atoms with Gasteiger partial charge in [-0.1, -0.05) is 0 Å². The standard InChI is InChI=1S/C21H20F2N6O2/c1-28(2)21-19-11(8-24-20(27-19)12-9-25-29(3)10-12)6-13(26-21)16-17(22)14(30-4)7-15(31-5)18(16)23/h6-10H,1-5H3. The van der Waals surface area contributed by atoms with E-state index in [1.54, 1.807) is 49.3 Å². The van der Waals surface area contributed by atoms with Gasteiger partial charge in [-0.05, 0) is 6.07 Å². The topological polar surface area (TPSA) is 78.2 Å². The number of hydrogen-bond acceptors (Lipinski definition) is 7. The molecule has 3 aromatic heterocycles. The van der Waals surface area contributed by atoms with Crippen LogP contribution in [0.1, 0.15) is 0 Å². The Kier molecular flexibility index (Phi) is 5.14. The number of pyridine rings is 1. The van der Waals surface area contributed by atoms with Crippen molar-refractivity contribution in [1.29, 1.82) is 0 Å². The van der Waals surface area contributed by atoms with Gasteiger partial charge in [-0.2, -0.15) is 5.10 Å². The van der Waals surface area contributed by atoms with E-state index in [4.69, 9.17) is 9.47 Å². The molecule has 3 heterocycles. The number of rotatable bonds is 5. The predicted molar refractivity (Wildman–Crippen MR) is 112 cm³/mol. The molecule has 0 fully saturated rings. The summed E-state index contributed by atoms with van der Waals surface area (Å²) in [5.41, 5.74) is 1.00. The molecule has 0 atom stereocenters. The molecule has 0 radical (unpaired) electrons. The van der Waals surface area contributed by atoms with E-state index in [-0.39, 0.29) is 22.8 Å². The fourth-order valence-corrected chi connectivity index (χ4v) is 3.25. The fraction of sp³-hybridized carbons (Fsp3) is 0.238. The fourth-order valence-electron chi connectivity index (χ4n) is 3.25. The van der Waals surface area contributed by atoms with Crippen LogP contribution < -0.4 is 14.4 Å². The first kappa shape index (κ1) is 20.5. The highest BCUT2D eigenvalue weighted by Gasteiger charge is 2.24. The van der Waals surface area contributed by atoms with Crippen molar-refractivity contribution < 1.29 is 18.3 Å². The Morgan fingerprint density at radius 2 is 1.65 bits per heavy atom. The largest absolute Gasteiger partial charge is 0.494 e. The zero-order valence-electron chi connectivity index (χ0n) is 17.6. The zero-order chi connectivity index (χ0) is 22.3. The summed E-state index contributed by atoms with van der Waals surface area (Å²) in [7, 11) is 7.94. The van der Waals surface area contributed by atoms with Gasteiger partial charge >= 0.3 is 0 Å². The van der Waals surface area contributed by atoms with E-state index in [9.17, 15) is 0 Å². The van der Waals surface area contributed by atoms with Crippen LogP contribution in [0.15, 0.2) is 30.7 Å². The van der Waals surface area contributed by atoms with Crippen molar-refractivity contribution in [2.45, 2.75) is 0 Å². The molecule has 0 aliphatic rings. The minimum atomic E-state index is -0.870. The van der Waals surface area contributed by atoms with E-state index in [0.717, 1.165) is 11.6 Å². The Hall–Kier alpha value is -3.82. The molecule has 0 N–H and O–H groups in total. The van der Waals surface area contributed by atoms with Crippen molar-refractivity contribution in [1.82, 2.24) is 24.7 Å². The molecule has 0 aliphatic heterocycles. The summed E-state index contributed by atoms with van der Waals surface area (Å²) in [4.78, 5) is 15.2. The average Bonchev–Trinajstić information content (AvgIpc) is 3.19. The number of aryl methyl sites for hydroxylation is 1. The number of hydrogen-bond donors (Lipinski definition) is 0. The SMILES string of the molecule is COc1cc(OC)c(F)c(-c2cc3cnc(-c4cnn(C)c4)nc3c(N(C)C)n2)c1F. The van der Waals surface area contributed by atoms with Crippen molar-refractivity contribution in [3.8, 4) is 34.1 Å². The quantitative estimate of drug-likeness (QED) is 0.484. The van der Waals surface area contributed by atoms with Crippen LogP contribution in [0.4, 0.5) is 14.6 Å². The van der Waals surface area contributed by atoms with E-state index >= 15 is 8.78 Å². The number of fused-ring (bicyclic) bond motifs is 1. The van der Waals surface area contributed by atoms with Gasteiger partial charge in [0, 0.05) is 45.0 Å². The lowest BCUT2D eigenvalue weighted by molar-refractivity contribution is 0.359. The number of ether oxygens (including phenoxy) is 2. The third-order valence-corrected chi connectivity index (χ3v) is 4.76. The summed E-state index contributed by atoms with van der Waals surface area (Å²) < 4.78 is 41.8. The van der Waals surface area contributed by atoms with Gasteiger partial charge in [0.15, 0.2) is 34.8 Å². The second-order valence-corrected chi connectivity index (χ2v) is 7.04. The van der Waals surface area contributed by atoms with E-state index in [0.29, 0.717) is 22.5 Å². The van der Waals surface area contributed by atoms with Crippen molar-refractivity contribution in [3.05, 3.63) is 42.4 Å². The van der Waals surface area contributed by atoms with Crippen molar-refractivity contribution in [2.75, 3.05) is 33.2 Å². The zero-order valence-corrected chi connectivity index (χ0v) is 17.6. The molecule has 8 nitrogen and oxygen atoms in total. The van der Waals surface area contributed by atoms with Crippen LogP contribution in [0.2, 0.25) is 0 Å². The Morgan fingerprint density at radius 3 is 2.19 bits per heavy atom. The first-order chi connectivity index (χ1) is 14.8. The minimum Gasteiger partial charge on any atom is -0.494 e. The summed E-state index contributed by atoms with van der Waals surface area (Å²) in [5.74, 6) is -1.13. The van der Waals surface area contributed by atoms with Crippen LogP contribution in [0.5, 0.6) is 11.5 Å². The molecule has 10 heteroatoms. The molecule has 0 unspecified atom stereocenters. The molecule has 4 rings (SSSR count). The predicted octanol–water partition coefficient (Wildman–Crippen LogP) is 3.45. The van der Waals surface area contributed by atoms with Gasteiger partial charge in [0.05, 0.1) is 37.2 Å². The minimum absolute atomic E-state index is 0.0705. The molecule has 31 heavy (non-hydrogen) atoms. The number of aromatic nitrogens is 5. The van der Waals surface area contributed by atoms with Crippen LogP contribution in [0.25, 0.3) is 33.5 Å². The number of benzene rings is 1. The number of anilines is 1. The summed E-state index contributed by atoms with van der Waals surface area (Å²) >= 11 is 0. The lowest BCUT2D eigenvalue weighted by Gasteiger charge is -2.17. The van der Waals surface area contributed by atoms with Crippen molar-refractivity contribution >= 4 is 16.7 Å². The van der Waals surface area contributed by atoms with E-state index in [1.807, 2.05) is 0 Å². The molecule has 0 saturated carbocycles. The molecule has 1 aromatic carbocycles. The normalized spacial score (nSPS) is 11.1. The maximum absolute atomic E-state index is 15.0. The lowest BCUT2D eigenvalue weighted by Crippen LogP contribution is -2.13. The molecule has 0 spiro atoms. The van der Waals surface area contributed by atoms with E-state index < -0.39 is 11.6 Å². The van der Waals surface area contributed by atoms with E-state index in [1.165, 1.54) is 20.3 Å². The monoisotopic (exact) mass is 426 g/mol. The third-order valence-electron chi connectivity index (χ3n) is 4.76. The molecule has 0 aliphatic carbocycles. The second kappa shape index (κ2) is 7.78. The van der Waals surface area contributed by atoms with Gasteiger partial charge < -0.3 is 14.4 Å². The first-order valence-corrected chi connectivity index (χ1v) is 9.28. The molecular weight excluding hydrogens is 406 g/mol. The van der Waals surface area contributed by atoms with Gasteiger partial charge in [-0.25, -0.2) is 23.7 Å². The van der Waals surface area contributed by atoms with Crippen molar-refractivity contribution in [2.24, 2.45) is 7.05 Å². The van der Waals surface area contributed by atoms with Gasteiger partial charge in [0.1, 0.15) is 5.52 Å². The van der Waals surface area contributed by atoms with Crippen LogP contribution in [-0.4, -0.2) is 53.0 Å². The molecule has 160 valence electrons. The summed E-state index contributed by atoms with van der Waals surface area (Å²) in [5, 5.41) is 4.71. The Balaban J connectivity index is 1.98. The number of nitrogens with zero attached hydrogens (tertiary/aromatic N) is 6. The highest BCUT2D eigenvalue weighted by atomic mass is 19.1.